The first kappa shape index (κ1) is 34.0. The number of carbonyl (C=O) groups is 3. The summed E-state index contributed by atoms with van der Waals surface area (Å²) in [6, 6.07) is 15.4. The molecule has 4 aromatic rings. The first-order chi connectivity index (χ1) is 21.7. The van der Waals surface area contributed by atoms with Crippen LogP contribution in [0, 0.1) is 20.8 Å². The van der Waals surface area contributed by atoms with Crippen LogP contribution in [0.2, 0.25) is 0 Å². The molecule has 2 aromatic heterocycles. The number of fused-ring (bicyclic) bond motifs is 3. The molecule has 1 aliphatic rings. The van der Waals surface area contributed by atoms with Gasteiger partial charge in [-0.2, -0.15) is 13.2 Å². The molecular formula is C31H29F3N4O7S. The summed E-state index contributed by atoms with van der Waals surface area (Å²) in [5, 5.41) is 25.6. The Hall–Kier alpha value is -4.89. The number of alkyl halides is 3. The van der Waals surface area contributed by atoms with Crippen molar-refractivity contribution in [2.75, 3.05) is 13.7 Å². The van der Waals surface area contributed by atoms with Gasteiger partial charge in [0.2, 0.25) is 0 Å². The number of aliphatic imine (C=N–C) groups is 1. The van der Waals surface area contributed by atoms with Crippen LogP contribution in [0.15, 0.2) is 53.5 Å². The van der Waals surface area contributed by atoms with E-state index in [9.17, 15) is 22.8 Å². The first-order valence-electron chi connectivity index (χ1n) is 13.7. The van der Waals surface area contributed by atoms with Crippen molar-refractivity contribution in [3.05, 3.63) is 87.3 Å². The third-order valence-corrected chi connectivity index (χ3v) is 8.18. The van der Waals surface area contributed by atoms with Crippen molar-refractivity contribution in [3.8, 4) is 16.1 Å². The second-order valence-corrected chi connectivity index (χ2v) is 11.3. The Morgan fingerprint density at radius 3 is 2.24 bits per heavy atom. The third-order valence-electron chi connectivity index (χ3n) is 6.98. The van der Waals surface area contributed by atoms with Crippen LogP contribution in [0.5, 0.6) is 0 Å². The number of aryl methyl sites for hydroxylation is 2. The molecule has 0 aliphatic carbocycles. The average molecular weight is 659 g/mol. The topological polar surface area (TPSA) is 153 Å². The summed E-state index contributed by atoms with van der Waals surface area (Å²) in [6.07, 6.45) is -5.03. The summed E-state index contributed by atoms with van der Waals surface area (Å²) in [6.45, 7) is 5.97. The molecule has 0 fully saturated rings. The number of halogens is 3. The molecule has 1 aliphatic heterocycles. The lowest BCUT2D eigenvalue weighted by atomic mass is 9.96. The summed E-state index contributed by atoms with van der Waals surface area (Å²) in [5.41, 5.74) is 6.76. The highest BCUT2D eigenvalue weighted by atomic mass is 32.1. The van der Waals surface area contributed by atoms with Gasteiger partial charge in [0.15, 0.2) is 5.82 Å². The average Bonchev–Trinajstić information content (AvgIpc) is 3.48. The zero-order chi connectivity index (χ0) is 33.8. The van der Waals surface area contributed by atoms with Gasteiger partial charge in [-0.25, -0.2) is 9.59 Å². The highest BCUT2D eigenvalue weighted by molar-refractivity contribution is 7.15. The molecule has 11 nitrogen and oxygen atoms in total. The van der Waals surface area contributed by atoms with Gasteiger partial charge in [-0.15, -0.1) is 21.5 Å². The van der Waals surface area contributed by atoms with Crippen LogP contribution in [-0.4, -0.2) is 68.5 Å². The Bertz CT molecular complexity index is 1800. The molecule has 46 heavy (non-hydrogen) atoms. The van der Waals surface area contributed by atoms with E-state index in [0.29, 0.717) is 5.82 Å². The van der Waals surface area contributed by atoms with E-state index in [4.69, 9.17) is 29.5 Å². The first-order valence-corrected chi connectivity index (χ1v) is 14.5. The lowest BCUT2D eigenvalue weighted by Gasteiger charge is -2.12. The van der Waals surface area contributed by atoms with E-state index in [2.05, 4.69) is 24.0 Å². The number of carboxylic acids is 2. The van der Waals surface area contributed by atoms with Crippen LogP contribution in [0.4, 0.5) is 13.2 Å². The van der Waals surface area contributed by atoms with E-state index in [1.54, 1.807) is 11.3 Å². The van der Waals surface area contributed by atoms with Crippen LogP contribution in [0.1, 0.15) is 51.2 Å². The monoisotopic (exact) mass is 658 g/mol. The maximum absolute atomic E-state index is 12.3. The molecule has 0 bridgehead atoms. The van der Waals surface area contributed by atoms with E-state index in [1.807, 2.05) is 60.0 Å². The van der Waals surface area contributed by atoms with Crippen molar-refractivity contribution in [2.24, 2.45) is 4.99 Å². The van der Waals surface area contributed by atoms with Crippen LogP contribution in [0.25, 0.3) is 16.1 Å². The summed E-state index contributed by atoms with van der Waals surface area (Å²) in [4.78, 5) is 38.3. The lowest BCUT2D eigenvalue weighted by Crippen LogP contribution is -2.21. The Balaban J connectivity index is 0.000000617. The standard InChI is InChI=1S/C29H28N4O5S.C2HF3O2/c1-16-17(2)39-29-26(16)27(30-23(13-25(36)37-4)28-32-31-18(3)33(28)29)21-10-8-20(9-11-21)22-7-5-6-19(12-22)14-38-15-24(34)35;3-2(4,5)1(6)7/h5-12,23H,13-15H2,1-4H3,(H,34,35);(H,6,7)/t23-;/m0./s1. The summed E-state index contributed by atoms with van der Waals surface area (Å²) >= 11 is 1.66. The number of methoxy groups -OCH3 is 1. The van der Waals surface area contributed by atoms with Crippen LogP contribution in [0.3, 0.4) is 0 Å². The highest BCUT2D eigenvalue weighted by Gasteiger charge is 2.38. The summed E-state index contributed by atoms with van der Waals surface area (Å²) in [5.74, 6) is -2.76. The van der Waals surface area contributed by atoms with E-state index in [1.165, 1.54) is 12.0 Å². The Morgan fingerprint density at radius 1 is 0.978 bits per heavy atom. The molecule has 2 N–H and O–H groups in total. The molecule has 2 aromatic carbocycles. The van der Waals surface area contributed by atoms with Crippen LogP contribution < -0.4 is 0 Å². The quantitative estimate of drug-likeness (QED) is 0.230. The number of rotatable bonds is 8. The number of thiophene rings is 1. The molecule has 0 spiro atoms. The Kier molecular flexibility index (Phi) is 10.4. The fourth-order valence-electron chi connectivity index (χ4n) is 4.68. The van der Waals surface area contributed by atoms with Crippen molar-refractivity contribution < 1.29 is 47.2 Å². The highest BCUT2D eigenvalue weighted by Crippen LogP contribution is 2.39. The maximum atomic E-state index is 12.3. The fourth-order valence-corrected chi connectivity index (χ4v) is 5.90. The molecule has 5 rings (SSSR count). The third kappa shape index (κ3) is 7.66. The van der Waals surface area contributed by atoms with Gasteiger partial charge in [0.05, 0.1) is 25.8 Å². The van der Waals surface area contributed by atoms with Crippen LogP contribution >= 0.6 is 11.3 Å². The van der Waals surface area contributed by atoms with Crippen molar-refractivity contribution in [2.45, 2.75) is 46.0 Å². The number of carbonyl (C=O) groups excluding carboxylic acids is 1. The fraction of sp³-hybridized carbons (Fsp3) is 0.290. The molecular weight excluding hydrogens is 629 g/mol. The number of hydrogen-bond donors (Lipinski definition) is 2. The normalized spacial score (nSPS) is 13.8. The number of nitrogens with zero attached hydrogens (tertiary/aromatic N) is 4. The number of benzene rings is 2. The van der Waals surface area contributed by atoms with Gasteiger partial charge in [0.25, 0.3) is 0 Å². The van der Waals surface area contributed by atoms with Crippen molar-refractivity contribution in [1.29, 1.82) is 0 Å². The molecule has 1 atom stereocenters. The maximum Gasteiger partial charge on any atom is 0.490 e. The summed E-state index contributed by atoms with van der Waals surface area (Å²) < 4.78 is 44.0. The van der Waals surface area contributed by atoms with Gasteiger partial charge in [-0.3, -0.25) is 14.4 Å². The van der Waals surface area contributed by atoms with Gasteiger partial charge in [0.1, 0.15) is 23.5 Å². The second-order valence-electron chi connectivity index (χ2n) is 10.1. The SMILES string of the molecule is COC(=O)C[C@@H]1N=C(c2ccc(-c3cccc(COCC(=O)O)c3)cc2)c2c(sc(C)c2C)-n2c(C)nnc21.O=C(O)C(F)(F)F. The molecule has 242 valence electrons. The molecule has 0 unspecified atom stereocenters. The van der Waals surface area contributed by atoms with Crippen molar-refractivity contribution in [1.82, 2.24) is 14.8 Å². The van der Waals surface area contributed by atoms with Gasteiger partial charge in [-0.1, -0.05) is 42.5 Å². The van der Waals surface area contributed by atoms with Gasteiger partial charge in [-0.05, 0) is 49.1 Å². The lowest BCUT2D eigenvalue weighted by molar-refractivity contribution is -0.192. The smallest absolute Gasteiger partial charge is 0.480 e. The zero-order valence-electron chi connectivity index (χ0n) is 25.1. The minimum atomic E-state index is -5.08. The van der Waals surface area contributed by atoms with E-state index < -0.39 is 24.2 Å². The van der Waals surface area contributed by atoms with Gasteiger partial charge in [0, 0.05) is 16.0 Å². The molecule has 3 heterocycles. The van der Waals surface area contributed by atoms with Crippen LogP contribution in [-0.2, 0) is 30.5 Å². The number of aliphatic carboxylic acids is 2. The van der Waals surface area contributed by atoms with Crippen molar-refractivity contribution in [3.63, 3.8) is 0 Å². The number of hydrogen-bond acceptors (Lipinski definition) is 9. The van der Waals surface area contributed by atoms with E-state index >= 15 is 0 Å². The predicted octanol–water partition coefficient (Wildman–Crippen LogP) is 5.61. The largest absolute Gasteiger partial charge is 0.490 e. The molecule has 0 saturated carbocycles. The zero-order valence-corrected chi connectivity index (χ0v) is 25.9. The number of ether oxygens (including phenoxy) is 2. The second kappa shape index (κ2) is 14.0. The number of esters is 1. The minimum Gasteiger partial charge on any atom is -0.480 e. The predicted molar refractivity (Wildman–Crippen MR) is 161 cm³/mol. The molecule has 0 amide bonds. The van der Waals surface area contributed by atoms with Crippen molar-refractivity contribution >= 4 is 35.0 Å². The Labute approximate surface area is 265 Å². The molecule has 15 heteroatoms. The van der Waals surface area contributed by atoms with Gasteiger partial charge >= 0.3 is 24.1 Å². The minimum absolute atomic E-state index is 0.0555. The van der Waals surface area contributed by atoms with E-state index in [0.717, 1.165) is 49.9 Å². The molecule has 0 radical (unpaired) electrons. The number of aromatic nitrogens is 3. The molecule has 0 saturated heterocycles. The number of carboxylic acid groups (broad SMARTS) is 2. The Morgan fingerprint density at radius 2 is 1.63 bits per heavy atom. The van der Waals surface area contributed by atoms with Gasteiger partial charge < -0.3 is 19.7 Å². The summed E-state index contributed by atoms with van der Waals surface area (Å²) in [7, 11) is 1.37. The van der Waals surface area contributed by atoms with E-state index in [-0.39, 0.29) is 25.6 Å².